The number of nitrogen functional groups attached to an aromatic ring is 1. The maximum absolute atomic E-state index is 11.9. The number of anilines is 2. The van der Waals surface area contributed by atoms with Crippen LogP contribution in [0, 0.1) is 0 Å². The van der Waals surface area contributed by atoms with Crippen molar-refractivity contribution in [2.45, 2.75) is 58.1 Å². The van der Waals surface area contributed by atoms with E-state index < -0.39 is 5.97 Å². The molecule has 1 fully saturated rings. The van der Waals surface area contributed by atoms with Crippen LogP contribution >= 0.6 is 11.6 Å². The van der Waals surface area contributed by atoms with Gasteiger partial charge in [-0.3, -0.25) is 0 Å². The van der Waals surface area contributed by atoms with E-state index in [1.807, 2.05) is 13.8 Å². The average Bonchev–Trinajstić information content (AvgIpc) is 2.43. The van der Waals surface area contributed by atoms with Gasteiger partial charge in [-0.05, 0) is 38.8 Å². The number of carbonyl (C=O) groups is 1. The van der Waals surface area contributed by atoms with Crippen LogP contribution in [0.2, 0.25) is 5.02 Å². The second-order valence-electron chi connectivity index (χ2n) is 5.86. The van der Waals surface area contributed by atoms with Crippen molar-refractivity contribution in [3.05, 3.63) is 22.7 Å². The molecule has 2 rings (SSSR count). The number of esters is 1. The van der Waals surface area contributed by atoms with Gasteiger partial charge in [-0.2, -0.15) is 0 Å². The van der Waals surface area contributed by atoms with Crippen LogP contribution in [0.25, 0.3) is 0 Å². The maximum atomic E-state index is 11.9. The molecule has 0 saturated heterocycles. The second-order valence-corrected chi connectivity index (χ2v) is 6.26. The molecule has 5 heteroatoms. The number of hydrogen-bond donors (Lipinski definition) is 2. The number of nitrogens with two attached hydrogens (primary N) is 1. The Balaban J connectivity index is 2.14. The number of hydrogen-bond acceptors (Lipinski definition) is 4. The molecule has 1 aromatic carbocycles. The summed E-state index contributed by atoms with van der Waals surface area (Å²) in [6.07, 6.45) is 5.85. The second kappa shape index (κ2) is 7.03. The van der Waals surface area contributed by atoms with Crippen LogP contribution in [0.3, 0.4) is 0 Å². The maximum Gasteiger partial charge on any atom is 0.338 e. The first-order chi connectivity index (χ1) is 9.97. The fraction of sp³-hybridized carbons (Fsp3) is 0.562. The Hall–Kier alpha value is -1.42. The van der Waals surface area contributed by atoms with Crippen molar-refractivity contribution >= 4 is 28.9 Å². The summed E-state index contributed by atoms with van der Waals surface area (Å²) in [5.74, 6) is -0.400. The topological polar surface area (TPSA) is 64.3 Å². The van der Waals surface area contributed by atoms with Crippen molar-refractivity contribution in [1.29, 1.82) is 0 Å². The van der Waals surface area contributed by atoms with Crippen LogP contribution in [0.15, 0.2) is 12.1 Å². The van der Waals surface area contributed by atoms with Gasteiger partial charge in [0.1, 0.15) is 0 Å². The Morgan fingerprint density at radius 3 is 2.57 bits per heavy atom. The zero-order chi connectivity index (χ0) is 15.4. The van der Waals surface area contributed by atoms with Gasteiger partial charge in [0.25, 0.3) is 0 Å². The van der Waals surface area contributed by atoms with Crippen molar-refractivity contribution in [3.8, 4) is 0 Å². The van der Waals surface area contributed by atoms with E-state index in [4.69, 9.17) is 22.1 Å². The van der Waals surface area contributed by atoms with E-state index in [0.29, 0.717) is 22.3 Å². The Labute approximate surface area is 131 Å². The summed E-state index contributed by atoms with van der Waals surface area (Å²) < 4.78 is 5.16. The number of rotatable bonds is 4. The first kappa shape index (κ1) is 16.0. The molecule has 1 saturated carbocycles. The minimum Gasteiger partial charge on any atom is -0.459 e. The molecular weight excluding hydrogens is 288 g/mol. The van der Waals surface area contributed by atoms with E-state index in [2.05, 4.69) is 5.32 Å². The predicted molar refractivity (Wildman–Crippen MR) is 86.9 cm³/mol. The third-order valence-corrected chi connectivity index (χ3v) is 3.95. The van der Waals surface area contributed by atoms with E-state index in [0.717, 1.165) is 18.5 Å². The summed E-state index contributed by atoms with van der Waals surface area (Å²) in [7, 11) is 0. The number of ether oxygens (including phenoxy) is 1. The SMILES string of the molecule is CC(C)OC(=O)c1cc(N)c(NC2CCCCC2)c(Cl)c1. The minimum atomic E-state index is -0.400. The number of carbonyl (C=O) groups excluding carboxylic acids is 1. The summed E-state index contributed by atoms with van der Waals surface area (Å²) in [5, 5.41) is 3.88. The molecule has 0 bridgehead atoms. The highest BCUT2D eigenvalue weighted by Gasteiger charge is 2.18. The van der Waals surface area contributed by atoms with Crippen LogP contribution in [0.4, 0.5) is 11.4 Å². The molecule has 116 valence electrons. The quantitative estimate of drug-likeness (QED) is 0.645. The zero-order valence-corrected chi connectivity index (χ0v) is 13.4. The van der Waals surface area contributed by atoms with E-state index >= 15 is 0 Å². The zero-order valence-electron chi connectivity index (χ0n) is 12.6. The largest absolute Gasteiger partial charge is 0.459 e. The minimum absolute atomic E-state index is 0.169. The molecule has 0 heterocycles. The summed E-state index contributed by atoms with van der Waals surface area (Å²) in [5.41, 5.74) is 7.66. The predicted octanol–water partition coefficient (Wildman–Crippen LogP) is 4.23. The molecule has 0 aliphatic heterocycles. The average molecular weight is 311 g/mol. The third kappa shape index (κ3) is 4.27. The molecular formula is C16H23ClN2O2. The smallest absolute Gasteiger partial charge is 0.338 e. The molecule has 0 unspecified atom stereocenters. The number of benzene rings is 1. The van der Waals surface area contributed by atoms with Gasteiger partial charge < -0.3 is 15.8 Å². The summed E-state index contributed by atoms with van der Waals surface area (Å²) >= 11 is 6.28. The van der Waals surface area contributed by atoms with E-state index in [1.165, 1.54) is 19.3 Å². The highest BCUT2D eigenvalue weighted by Crippen LogP contribution is 2.33. The lowest BCUT2D eigenvalue weighted by Crippen LogP contribution is -2.23. The Bertz CT molecular complexity index is 488. The fourth-order valence-electron chi connectivity index (χ4n) is 2.63. The number of nitrogens with one attached hydrogen (secondary N) is 1. The molecule has 3 N–H and O–H groups in total. The van der Waals surface area contributed by atoms with Crippen molar-refractivity contribution in [2.24, 2.45) is 0 Å². The van der Waals surface area contributed by atoms with Gasteiger partial charge in [0.05, 0.1) is 28.1 Å². The van der Waals surface area contributed by atoms with Crippen molar-refractivity contribution < 1.29 is 9.53 Å². The molecule has 0 amide bonds. The van der Waals surface area contributed by atoms with Gasteiger partial charge in [-0.15, -0.1) is 0 Å². The fourth-order valence-corrected chi connectivity index (χ4v) is 2.91. The van der Waals surface area contributed by atoms with E-state index in [1.54, 1.807) is 12.1 Å². The monoisotopic (exact) mass is 310 g/mol. The lowest BCUT2D eigenvalue weighted by Gasteiger charge is -2.25. The highest BCUT2D eigenvalue weighted by molar-refractivity contribution is 6.34. The van der Waals surface area contributed by atoms with Gasteiger partial charge >= 0.3 is 5.97 Å². The normalized spacial score (nSPS) is 16.0. The van der Waals surface area contributed by atoms with Gasteiger partial charge in [-0.25, -0.2) is 4.79 Å². The van der Waals surface area contributed by atoms with Crippen molar-refractivity contribution in [1.82, 2.24) is 0 Å². The van der Waals surface area contributed by atoms with E-state index in [-0.39, 0.29) is 6.10 Å². The van der Waals surface area contributed by atoms with E-state index in [9.17, 15) is 4.79 Å². The van der Waals surface area contributed by atoms with Crippen LogP contribution < -0.4 is 11.1 Å². The number of halogens is 1. The Kier molecular flexibility index (Phi) is 5.34. The Morgan fingerprint density at radius 1 is 1.33 bits per heavy atom. The van der Waals surface area contributed by atoms with Crippen molar-refractivity contribution in [3.63, 3.8) is 0 Å². The van der Waals surface area contributed by atoms with Crippen LogP contribution in [-0.4, -0.2) is 18.1 Å². The lowest BCUT2D eigenvalue weighted by molar-refractivity contribution is 0.0378. The summed E-state index contributed by atoms with van der Waals surface area (Å²) in [4.78, 5) is 11.9. The molecule has 1 aliphatic rings. The molecule has 1 aromatic rings. The van der Waals surface area contributed by atoms with Gasteiger partial charge in [-0.1, -0.05) is 30.9 Å². The molecule has 0 aromatic heterocycles. The molecule has 4 nitrogen and oxygen atoms in total. The lowest BCUT2D eigenvalue weighted by atomic mass is 9.95. The highest BCUT2D eigenvalue weighted by atomic mass is 35.5. The van der Waals surface area contributed by atoms with Crippen LogP contribution in [0.1, 0.15) is 56.3 Å². The molecule has 21 heavy (non-hydrogen) atoms. The standard InChI is InChI=1S/C16H23ClN2O2/c1-10(2)21-16(20)11-8-13(17)15(14(18)9-11)19-12-6-4-3-5-7-12/h8-10,12,19H,3-7,18H2,1-2H3. The third-order valence-electron chi connectivity index (χ3n) is 3.65. The van der Waals surface area contributed by atoms with Gasteiger partial charge in [0, 0.05) is 6.04 Å². The molecule has 0 spiro atoms. The van der Waals surface area contributed by atoms with Crippen LogP contribution in [0.5, 0.6) is 0 Å². The molecule has 0 atom stereocenters. The first-order valence-electron chi connectivity index (χ1n) is 7.54. The summed E-state index contributed by atoms with van der Waals surface area (Å²) in [6, 6.07) is 3.65. The molecule has 1 aliphatic carbocycles. The van der Waals surface area contributed by atoms with Crippen LogP contribution in [-0.2, 0) is 4.74 Å². The van der Waals surface area contributed by atoms with Crippen molar-refractivity contribution in [2.75, 3.05) is 11.1 Å². The molecule has 0 radical (unpaired) electrons. The first-order valence-corrected chi connectivity index (χ1v) is 7.91. The summed E-state index contributed by atoms with van der Waals surface area (Å²) in [6.45, 7) is 3.61. The Morgan fingerprint density at radius 2 is 2.00 bits per heavy atom. The van der Waals surface area contributed by atoms with Gasteiger partial charge in [0.2, 0.25) is 0 Å². The van der Waals surface area contributed by atoms with Gasteiger partial charge in [0.15, 0.2) is 0 Å².